The maximum Gasteiger partial charge on any atom is 0.266 e. The highest BCUT2D eigenvalue weighted by Gasteiger charge is 2.33. The van der Waals surface area contributed by atoms with E-state index in [2.05, 4.69) is 10.2 Å². The molecule has 0 atom stereocenters. The van der Waals surface area contributed by atoms with Gasteiger partial charge in [0.25, 0.3) is 20.0 Å². The monoisotopic (exact) mass is 661 g/mol. The van der Waals surface area contributed by atoms with Gasteiger partial charge in [-0.1, -0.05) is 66.7 Å². The van der Waals surface area contributed by atoms with Crippen LogP contribution in [0.4, 0.5) is 22.7 Å². The number of nitrogens with zero attached hydrogens (tertiary/aromatic N) is 4. The van der Waals surface area contributed by atoms with Crippen LogP contribution in [0.25, 0.3) is 0 Å². The van der Waals surface area contributed by atoms with Crippen molar-refractivity contribution in [1.29, 1.82) is 0 Å². The van der Waals surface area contributed by atoms with Crippen LogP contribution in [-0.4, -0.2) is 68.6 Å². The predicted molar refractivity (Wildman–Crippen MR) is 188 cm³/mol. The molecule has 0 aromatic heterocycles. The first kappa shape index (κ1) is 33.3. The number of hydrogen-bond acceptors (Lipinski definition) is 7. The van der Waals surface area contributed by atoms with Crippen LogP contribution in [0.15, 0.2) is 113 Å². The summed E-state index contributed by atoms with van der Waals surface area (Å²) in [7, 11) is -5.43. The van der Waals surface area contributed by atoms with Crippen LogP contribution in [0.5, 0.6) is 0 Å². The number of likely N-dealkylation sites (N-methyl/N-ethyl adjacent to an activating group) is 1. The van der Waals surface area contributed by atoms with E-state index in [0.29, 0.717) is 42.4 Å². The van der Waals surface area contributed by atoms with Crippen molar-refractivity contribution < 1.29 is 16.8 Å². The van der Waals surface area contributed by atoms with Crippen molar-refractivity contribution >= 4 is 42.8 Å². The van der Waals surface area contributed by atoms with Crippen molar-refractivity contribution in [3.63, 3.8) is 0 Å². The van der Waals surface area contributed by atoms with E-state index in [4.69, 9.17) is 0 Å². The minimum atomic E-state index is -4.21. The van der Waals surface area contributed by atoms with Gasteiger partial charge in [-0.25, -0.2) is 16.8 Å². The fourth-order valence-corrected chi connectivity index (χ4v) is 8.57. The second-order valence-corrected chi connectivity index (χ2v) is 15.3. The summed E-state index contributed by atoms with van der Waals surface area (Å²) < 4.78 is 60.2. The third kappa shape index (κ3) is 7.32. The number of hydrogen-bond donors (Lipinski definition) is 1. The molecule has 0 bridgehead atoms. The summed E-state index contributed by atoms with van der Waals surface area (Å²) in [6.45, 7) is 6.31. The molecule has 244 valence electrons. The Morgan fingerprint density at radius 3 is 1.72 bits per heavy atom. The van der Waals surface area contributed by atoms with Crippen molar-refractivity contribution in [2.45, 2.75) is 36.1 Å². The molecule has 1 fully saturated rings. The van der Waals surface area contributed by atoms with Crippen molar-refractivity contribution in [2.24, 2.45) is 0 Å². The topological polar surface area (TPSA) is 93.3 Å². The molecule has 0 spiro atoms. The van der Waals surface area contributed by atoms with E-state index in [1.807, 2.05) is 54.3 Å². The lowest BCUT2D eigenvalue weighted by atomic mass is 10.2. The third-order valence-electron chi connectivity index (χ3n) is 8.51. The Labute approximate surface area is 274 Å². The molecule has 1 saturated heterocycles. The molecule has 5 rings (SSSR count). The molecule has 9 nitrogen and oxygen atoms in total. The Kier molecular flexibility index (Phi) is 10.6. The Morgan fingerprint density at radius 1 is 0.696 bits per heavy atom. The van der Waals surface area contributed by atoms with Gasteiger partial charge in [-0.3, -0.25) is 8.61 Å². The summed E-state index contributed by atoms with van der Waals surface area (Å²) in [5.41, 5.74) is 2.70. The number of likely N-dealkylation sites (tertiary alicyclic amines) is 1. The predicted octanol–water partition coefficient (Wildman–Crippen LogP) is 5.87. The molecule has 0 aliphatic carbocycles. The summed E-state index contributed by atoms with van der Waals surface area (Å²) in [4.78, 5) is 4.24. The largest absolute Gasteiger partial charge is 0.380 e. The van der Waals surface area contributed by atoms with E-state index in [1.165, 1.54) is 28.8 Å². The van der Waals surface area contributed by atoms with Gasteiger partial charge in [0.15, 0.2) is 0 Å². The van der Waals surface area contributed by atoms with Gasteiger partial charge in [-0.2, -0.15) is 0 Å². The summed E-state index contributed by atoms with van der Waals surface area (Å²) in [5, 5.41) is 3.35. The van der Waals surface area contributed by atoms with Crippen LogP contribution >= 0.6 is 0 Å². The highest BCUT2D eigenvalue weighted by molar-refractivity contribution is 7.93. The van der Waals surface area contributed by atoms with Crippen LogP contribution < -0.4 is 18.8 Å². The van der Waals surface area contributed by atoms with E-state index in [-0.39, 0.29) is 9.79 Å². The third-order valence-corrected chi connectivity index (χ3v) is 12.2. The van der Waals surface area contributed by atoms with Crippen LogP contribution in [0.3, 0.4) is 0 Å². The lowest BCUT2D eigenvalue weighted by Crippen LogP contribution is -2.36. The van der Waals surface area contributed by atoms with Gasteiger partial charge < -0.3 is 15.1 Å². The molecular formula is C35H43N5O4S2. The zero-order chi connectivity index (χ0) is 32.7. The molecule has 1 aliphatic heterocycles. The summed E-state index contributed by atoms with van der Waals surface area (Å²) in [6.07, 6.45) is 2.31. The fraction of sp³-hybridized carbons (Fsp3) is 0.314. The number of anilines is 4. The first-order valence-electron chi connectivity index (χ1n) is 15.6. The molecule has 1 heterocycles. The maximum atomic E-state index is 14.5. The second-order valence-electron chi connectivity index (χ2n) is 11.4. The number of nitrogens with one attached hydrogen (secondary N) is 1. The Hall–Kier alpha value is -4.06. The van der Waals surface area contributed by atoms with Gasteiger partial charge in [-0.05, 0) is 74.8 Å². The van der Waals surface area contributed by atoms with Crippen LogP contribution in [0, 0.1) is 0 Å². The zero-order valence-electron chi connectivity index (χ0n) is 26.7. The van der Waals surface area contributed by atoms with Gasteiger partial charge in [-0.15, -0.1) is 0 Å². The maximum absolute atomic E-state index is 14.5. The molecule has 4 aromatic carbocycles. The highest BCUT2D eigenvalue weighted by Crippen LogP contribution is 2.38. The van der Waals surface area contributed by atoms with E-state index in [0.717, 1.165) is 38.0 Å². The van der Waals surface area contributed by atoms with E-state index in [9.17, 15) is 16.8 Å². The molecule has 11 heteroatoms. The van der Waals surface area contributed by atoms with Crippen molar-refractivity contribution in [2.75, 3.05) is 65.6 Å². The quantitative estimate of drug-likeness (QED) is 0.181. The molecule has 1 aliphatic rings. The van der Waals surface area contributed by atoms with Crippen LogP contribution in [0.1, 0.15) is 25.3 Å². The smallest absolute Gasteiger partial charge is 0.266 e. The standard InChI is InChI=1S/C35H43N5O4S2/c1-4-40(25-24-39-22-14-15-23-39)33-26-32(36-28-29-16-8-5-9-17-29)34(45(41,42)37(2)30-18-10-6-11-19-30)27-35(33)46(43,44)38(3)31-20-12-7-13-21-31/h5-13,16-21,26-27,36H,4,14-15,22-25,28H2,1-3H3. The molecule has 46 heavy (non-hydrogen) atoms. The average molecular weight is 662 g/mol. The van der Waals surface area contributed by atoms with Crippen LogP contribution in [-0.2, 0) is 26.6 Å². The summed E-state index contributed by atoms with van der Waals surface area (Å²) in [6, 6.07) is 30.3. The Bertz CT molecular complexity index is 1800. The lowest BCUT2D eigenvalue weighted by molar-refractivity contribution is 0.345. The molecule has 1 N–H and O–H groups in total. The van der Waals surface area contributed by atoms with Crippen molar-refractivity contribution in [1.82, 2.24) is 4.90 Å². The van der Waals surface area contributed by atoms with Gasteiger partial charge in [0, 0.05) is 40.3 Å². The number of sulfonamides is 2. The zero-order valence-corrected chi connectivity index (χ0v) is 28.3. The van der Waals surface area contributed by atoms with Gasteiger partial charge >= 0.3 is 0 Å². The molecule has 0 amide bonds. The van der Waals surface area contributed by atoms with Crippen LogP contribution in [0.2, 0.25) is 0 Å². The Balaban J connectivity index is 1.68. The molecule has 0 unspecified atom stereocenters. The van der Waals surface area contributed by atoms with E-state index in [1.54, 1.807) is 54.6 Å². The summed E-state index contributed by atoms with van der Waals surface area (Å²) in [5.74, 6) is 0. The number of benzene rings is 4. The average Bonchev–Trinajstić information content (AvgIpc) is 3.61. The molecular weight excluding hydrogens is 619 g/mol. The molecule has 4 aromatic rings. The summed E-state index contributed by atoms with van der Waals surface area (Å²) >= 11 is 0. The highest BCUT2D eigenvalue weighted by atomic mass is 32.2. The van der Waals surface area contributed by atoms with Gasteiger partial charge in [0.05, 0.1) is 22.7 Å². The first-order chi connectivity index (χ1) is 22.1. The lowest BCUT2D eigenvalue weighted by Gasteiger charge is -2.31. The fourth-order valence-electron chi connectivity index (χ4n) is 5.71. The second kappa shape index (κ2) is 14.6. The minimum Gasteiger partial charge on any atom is -0.380 e. The first-order valence-corrected chi connectivity index (χ1v) is 18.5. The Morgan fingerprint density at radius 2 is 1.20 bits per heavy atom. The van der Waals surface area contributed by atoms with Gasteiger partial charge in [0.2, 0.25) is 0 Å². The van der Waals surface area contributed by atoms with Crippen molar-refractivity contribution in [3.05, 3.63) is 109 Å². The molecule has 0 saturated carbocycles. The normalized spacial score (nSPS) is 13.8. The van der Waals surface area contributed by atoms with E-state index >= 15 is 0 Å². The molecule has 0 radical (unpaired) electrons. The minimum absolute atomic E-state index is 0.0626. The van der Waals surface area contributed by atoms with Crippen molar-refractivity contribution in [3.8, 4) is 0 Å². The number of para-hydroxylation sites is 2. The SMILES string of the molecule is CCN(CCN1CCCC1)c1cc(NCc2ccccc2)c(S(=O)(=O)N(C)c2ccccc2)cc1S(=O)(=O)N(C)c1ccccc1. The van der Waals surface area contributed by atoms with Gasteiger partial charge in [0.1, 0.15) is 9.79 Å². The van der Waals surface area contributed by atoms with E-state index < -0.39 is 20.0 Å². The number of rotatable bonds is 14.